The first-order chi connectivity index (χ1) is 31.2. The van der Waals surface area contributed by atoms with Gasteiger partial charge in [-0.25, -0.2) is 15.0 Å². The molecule has 0 amide bonds. The Bertz CT molecular complexity index is 3810. The monoisotopic (exact) mass is 806 g/mol. The fourth-order valence-corrected chi connectivity index (χ4v) is 9.41. The van der Waals surface area contributed by atoms with Crippen molar-refractivity contribution in [3.05, 3.63) is 206 Å². The Morgan fingerprint density at radius 3 is 1.51 bits per heavy atom. The van der Waals surface area contributed by atoms with E-state index >= 15 is 0 Å². The molecule has 13 aromatic rings. The van der Waals surface area contributed by atoms with Gasteiger partial charge in [0.1, 0.15) is 22.3 Å². The van der Waals surface area contributed by atoms with Crippen LogP contribution in [-0.4, -0.2) is 19.5 Å². The van der Waals surface area contributed by atoms with Gasteiger partial charge in [0.25, 0.3) is 0 Å². The molecule has 0 unspecified atom stereocenters. The Hall–Kier alpha value is -8.61. The summed E-state index contributed by atoms with van der Waals surface area (Å²) < 4.78 is 15.8. The third-order valence-corrected chi connectivity index (χ3v) is 12.3. The molecule has 0 saturated heterocycles. The number of benzene rings is 9. The summed E-state index contributed by atoms with van der Waals surface area (Å²) in [7, 11) is 0. The Morgan fingerprint density at radius 1 is 0.317 bits per heavy atom. The number of hydrogen-bond donors (Lipinski definition) is 0. The van der Waals surface area contributed by atoms with Crippen LogP contribution in [0.2, 0.25) is 0 Å². The van der Waals surface area contributed by atoms with Crippen LogP contribution in [0.15, 0.2) is 215 Å². The summed E-state index contributed by atoms with van der Waals surface area (Å²) in [5.74, 6) is 1.71. The van der Waals surface area contributed by atoms with Crippen molar-refractivity contribution in [1.29, 1.82) is 0 Å². The molecule has 0 radical (unpaired) electrons. The topological polar surface area (TPSA) is 69.9 Å². The third-order valence-electron chi connectivity index (χ3n) is 12.3. The molecule has 6 nitrogen and oxygen atoms in total. The van der Waals surface area contributed by atoms with Crippen LogP contribution in [-0.2, 0) is 0 Å². The first-order valence-electron chi connectivity index (χ1n) is 21.1. The van der Waals surface area contributed by atoms with Crippen LogP contribution < -0.4 is 0 Å². The molecule has 0 atom stereocenters. The second kappa shape index (κ2) is 14.0. The Labute approximate surface area is 361 Å². The van der Waals surface area contributed by atoms with Crippen molar-refractivity contribution in [2.75, 3.05) is 0 Å². The van der Waals surface area contributed by atoms with Gasteiger partial charge in [-0.2, -0.15) is 0 Å². The highest BCUT2D eigenvalue weighted by Crippen LogP contribution is 2.46. The lowest BCUT2D eigenvalue weighted by Gasteiger charge is -2.18. The van der Waals surface area contributed by atoms with E-state index in [-0.39, 0.29) is 0 Å². The molecule has 13 rings (SSSR count). The van der Waals surface area contributed by atoms with Gasteiger partial charge in [-0.15, -0.1) is 0 Å². The molecule has 6 heteroatoms. The van der Waals surface area contributed by atoms with Crippen LogP contribution >= 0.6 is 0 Å². The summed E-state index contributed by atoms with van der Waals surface area (Å²) in [4.78, 5) is 15.8. The first-order valence-corrected chi connectivity index (χ1v) is 21.1. The summed E-state index contributed by atoms with van der Waals surface area (Å²) in [5, 5.41) is 6.60. The smallest absolute Gasteiger partial charge is 0.165 e. The Balaban J connectivity index is 1.16. The van der Waals surface area contributed by atoms with E-state index in [1.54, 1.807) is 0 Å². The van der Waals surface area contributed by atoms with Gasteiger partial charge < -0.3 is 13.4 Å². The zero-order valence-electron chi connectivity index (χ0n) is 33.7. The molecule has 294 valence electrons. The van der Waals surface area contributed by atoms with Crippen molar-refractivity contribution in [3.8, 4) is 62.1 Å². The molecule has 0 aliphatic carbocycles. The van der Waals surface area contributed by atoms with E-state index < -0.39 is 0 Å². The molecule has 0 fully saturated rings. The Kier molecular flexibility index (Phi) is 7.80. The lowest BCUT2D eigenvalue weighted by Crippen LogP contribution is -2.03. The molecular weight excluding hydrogens is 773 g/mol. The van der Waals surface area contributed by atoms with Crippen LogP contribution in [0.25, 0.3) is 128 Å². The van der Waals surface area contributed by atoms with Gasteiger partial charge in [0.05, 0.1) is 11.0 Å². The number of hydrogen-bond acceptors (Lipinski definition) is 5. The van der Waals surface area contributed by atoms with Crippen LogP contribution in [0.1, 0.15) is 0 Å². The highest BCUT2D eigenvalue weighted by molar-refractivity contribution is 6.14. The molecule has 0 aliphatic rings. The molecule has 0 bridgehead atoms. The summed E-state index contributed by atoms with van der Waals surface area (Å²) in [6, 6.07) is 71.5. The number of para-hydroxylation sites is 4. The molecule has 4 aromatic heterocycles. The average molecular weight is 807 g/mol. The summed E-state index contributed by atoms with van der Waals surface area (Å²) in [6.45, 7) is 0. The largest absolute Gasteiger partial charge is 0.456 e. The van der Waals surface area contributed by atoms with Gasteiger partial charge in [-0.1, -0.05) is 158 Å². The minimum Gasteiger partial charge on any atom is -0.456 e. The van der Waals surface area contributed by atoms with Gasteiger partial charge in [0.2, 0.25) is 0 Å². The van der Waals surface area contributed by atoms with Gasteiger partial charge >= 0.3 is 0 Å². The molecule has 9 aromatic carbocycles. The second-order valence-corrected chi connectivity index (χ2v) is 15.9. The molecule has 63 heavy (non-hydrogen) atoms. The lowest BCUT2D eigenvalue weighted by atomic mass is 9.89. The summed E-state index contributed by atoms with van der Waals surface area (Å²) in [6.07, 6.45) is 0. The average Bonchev–Trinajstić information content (AvgIpc) is 4.03. The zero-order valence-corrected chi connectivity index (χ0v) is 33.7. The highest BCUT2D eigenvalue weighted by atomic mass is 16.3. The maximum absolute atomic E-state index is 6.92. The van der Waals surface area contributed by atoms with Gasteiger partial charge in [0.15, 0.2) is 17.5 Å². The molecule has 0 saturated carbocycles. The van der Waals surface area contributed by atoms with Crippen molar-refractivity contribution in [1.82, 2.24) is 19.5 Å². The van der Waals surface area contributed by atoms with E-state index in [2.05, 4.69) is 126 Å². The number of fused-ring (bicyclic) bond motifs is 9. The highest BCUT2D eigenvalue weighted by Gasteiger charge is 2.25. The van der Waals surface area contributed by atoms with Gasteiger partial charge in [-0.05, 0) is 65.2 Å². The quantitative estimate of drug-likeness (QED) is 0.167. The predicted molar refractivity (Wildman–Crippen MR) is 256 cm³/mol. The van der Waals surface area contributed by atoms with E-state index in [0.29, 0.717) is 17.5 Å². The van der Waals surface area contributed by atoms with Crippen LogP contribution in [0, 0.1) is 0 Å². The van der Waals surface area contributed by atoms with E-state index in [0.717, 1.165) is 99.5 Å². The van der Waals surface area contributed by atoms with Crippen LogP contribution in [0.5, 0.6) is 0 Å². The van der Waals surface area contributed by atoms with Crippen molar-refractivity contribution < 1.29 is 8.83 Å². The molecule has 4 heterocycles. The van der Waals surface area contributed by atoms with Crippen molar-refractivity contribution in [2.45, 2.75) is 0 Å². The van der Waals surface area contributed by atoms with Gasteiger partial charge in [-0.3, -0.25) is 0 Å². The number of furan rings is 2. The minimum absolute atomic E-state index is 0.546. The second-order valence-electron chi connectivity index (χ2n) is 15.9. The Morgan fingerprint density at radius 2 is 0.841 bits per heavy atom. The maximum atomic E-state index is 6.92. The molecule has 0 spiro atoms. The first kappa shape index (κ1) is 35.2. The summed E-state index contributed by atoms with van der Waals surface area (Å²) in [5.41, 5.74) is 13.0. The molecular formula is C57H34N4O2. The SMILES string of the molecule is c1ccc(-c2nc(-c3ccccc3)nc(-c3c(-c4ccc5c(c4)oc4ccccc45)cccc3-c3cc(-n4c5ccccc5c5ccccc54)cc4c3oc3ccccc34)n2)cc1. The zero-order chi connectivity index (χ0) is 41.4. The van der Waals surface area contributed by atoms with Crippen molar-refractivity contribution in [2.24, 2.45) is 0 Å². The van der Waals surface area contributed by atoms with E-state index in [1.807, 2.05) is 84.9 Å². The third kappa shape index (κ3) is 5.62. The van der Waals surface area contributed by atoms with Crippen molar-refractivity contribution in [3.63, 3.8) is 0 Å². The maximum Gasteiger partial charge on any atom is 0.165 e. The molecule has 0 aliphatic heterocycles. The van der Waals surface area contributed by atoms with E-state index in [9.17, 15) is 0 Å². The lowest BCUT2D eigenvalue weighted by molar-refractivity contribution is 0.669. The fourth-order valence-electron chi connectivity index (χ4n) is 9.41. The van der Waals surface area contributed by atoms with Crippen molar-refractivity contribution >= 4 is 65.7 Å². The molecule has 0 N–H and O–H groups in total. The van der Waals surface area contributed by atoms with Gasteiger partial charge in [0, 0.05) is 60.3 Å². The fraction of sp³-hybridized carbons (Fsp3) is 0. The normalized spacial score (nSPS) is 11.8. The number of aromatic nitrogens is 4. The number of rotatable bonds is 6. The van der Waals surface area contributed by atoms with Crippen LogP contribution in [0.4, 0.5) is 0 Å². The van der Waals surface area contributed by atoms with Crippen LogP contribution in [0.3, 0.4) is 0 Å². The number of nitrogens with zero attached hydrogens (tertiary/aromatic N) is 4. The standard InChI is InChI=1S/C57H34N4O2/c1-3-16-35(17-4-1)55-58-56(36-18-5-2-6-19-36)60-57(59-55)53-39(37-30-31-44-42-22-9-13-28-50(42)62-52(44)32-37)24-15-25-45(53)47-34-38(33-46-43-23-10-14-29-51(43)63-54(46)47)61-48-26-11-7-20-40(48)41-21-8-12-27-49(41)61/h1-34H. The summed E-state index contributed by atoms with van der Waals surface area (Å²) >= 11 is 0. The van der Waals surface area contributed by atoms with E-state index in [1.165, 1.54) is 10.8 Å². The minimum atomic E-state index is 0.546. The van der Waals surface area contributed by atoms with E-state index in [4.69, 9.17) is 23.8 Å². The predicted octanol–water partition coefficient (Wildman–Crippen LogP) is 15.1.